The Balaban J connectivity index is 1.99. The molecule has 1 aliphatic rings. The van der Waals surface area contributed by atoms with Crippen LogP contribution >= 0.6 is 0 Å². The summed E-state index contributed by atoms with van der Waals surface area (Å²) in [5, 5.41) is 12.1. The first-order chi connectivity index (χ1) is 9.15. The minimum Gasteiger partial charge on any atom is -0.480 e. The Kier molecular flexibility index (Phi) is 4.51. The van der Waals surface area contributed by atoms with Crippen molar-refractivity contribution in [2.24, 2.45) is 0 Å². The molecule has 2 rings (SSSR count). The normalized spacial score (nSPS) is 16.1. The summed E-state index contributed by atoms with van der Waals surface area (Å²) in [5.74, 6) is 0.418. The van der Waals surface area contributed by atoms with Gasteiger partial charge in [-0.15, -0.1) is 0 Å². The summed E-state index contributed by atoms with van der Waals surface area (Å²) in [6, 6.07) is 2.11. The highest BCUT2D eigenvalue weighted by molar-refractivity contribution is 5.73. The number of nitrogens with zero attached hydrogens (tertiary/aromatic N) is 3. The number of ether oxygens (including phenoxy) is 1. The molecule has 0 amide bonds. The second kappa shape index (κ2) is 6.33. The lowest BCUT2D eigenvalue weighted by molar-refractivity contribution is -0.135. The third-order valence-electron chi connectivity index (χ3n) is 2.99. The molecule has 0 aromatic carbocycles. The van der Waals surface area contributed by atoms with Crippen molar-refractivity contribution < 1.29 is 14.6 Å². The third-order valence-corrected chi connectivity index (χ3v) is 2.99. The number of likely N-dealkylation sites (N-methyl/N-ethyl adjacent to an activating group) is 1. The molecule has 2 heterocycles. The summed E-state index contributed by atoms with van der Waals surface area (Å²) in [6.07, 6.45) is 3.34. The van der Waals surface area contributed by atoms with Crippen molar-refractivity contribution in [1.29, 1.82) is 0 Å². The molecule has 7 heteroatoms. The van der Waals surface area contributed by atoms with E-state index in [0.717, 1.165) is 26.1 Å². The van der Waals surface area contributed by atoms with Crippen LogP contribution in [0.15, 0.2) is 12.4 Å². The van der Waals surface area contributed by atoms with E-state index in [0.29, 0.717) is 17.7 Å². The fraction of sp³-hybridized carbons (Fsp3) is 0.583. The van der Waals surface area contributed by atoms with Crippen molar-refractivity contribution in [3.8, 4) is 0 Å². The Morgan fingerprint density at radius 1 is 1.53 bits per heavy atom. The summed E-state index contributed by atoms with van der Waals surface area (Å²) in [6.45, 7) is 1.43. The van der Waals surface area contributed by atoms with Gasteiger partial charge in [-0.05, 0) is 12.8 Å². The first-order valence-electron chi connectivity index (χ1n) is 6.24. The summed E-state index contributed by atoms with van der Waals surface area (Å²) in [4.78, 5) is 20.5. The Morgan fingerprint density at radius 3 is 2.95 bits per heavy atom. The number of anilines is 2. The number of carboxylic acids is 1. The van der Waals surface area contributed by atoms with Crippen LogP contribution in [0, 0.1) is 0 Å². The van der Waals surface area contributed by atoms with Gasteiger partial charge in [0, 0.05) is 32.4 Å². The van der Waals surface area contributed by atoms with Gasteiger partial charge in [0.25, 0.3) is 0 Å². The molecule has 1 aromatic heterocycles. The van der Waals surface area contributed by atoms with E-state index in [4.69, 9.17) is 9.84 Å². The lowest BCUT2D eigenvalue weighted by atomic mass is 10.1. The lowest BCUT2D eigenvalue weighted by Crippen LogP contribution is -2.29. The molecule has 0 unspecified atom stereocenters. The first-order valence-corrected chi connectivity index (χ1v) is 6.24. The fourth-order valence-corrected chi connectivity index (χ4v) is 1.97. The highest BCUT2D eigenvalue weighted by Gasteiger charge is 2.15. The van der Waals surface area contributed by atoms with Crippen molar-refractivity contribution >= 4 is 17.6 Å². The van der Waals surface area contributed by atoms with E-state index < -0.39 is 5.97 Å². The molecule has 19 heavy (non-hydrogen) atoms. The van der Waals surface area contributed by atoms with Crippen LogP contribution in [0.25, 0.3) is 0 Å². The largest absolute Gasteiger partial charge is 0.480 e. The fourth-order valence-electron chi connectivity index (χ4n) is 1.97. The van der Waals surface area contributed by atoms with Gasteiger partial charge in [-0.3, -0.25) is 4.79 Å². The van der Waals surface area contributed by atoms with Crippen molar-refractivity contribution in [1.82, 2.24) is 9.97 Å². The Labute approximate surface area is 111 Å². The van der Waals surface area contributed by atoms with Crippen molar-refractivity contribution in [2.45, 2.75) is 18.9 Å². The van der Waals surface area contributed by atoms with E-state index in [1.807, 2.05) is 0 Å². The zero-order valence-electron chi connectivity index (χ0n) is 10.9. The van der Waals surface area contributed by atoms with Gasteiger partial charge in [0.1, 0.15) is 24.5 Å². The average molecular weight is 266 g/mol. The van der Waals surface area contributed by atoms with Crippen molar-refractivity contribution in [3.05, 3.63) is 12.4 Å². The highest BCUT2D eigenvalue weighted by Crippen LogP contribution is 2.16. The van der Waals surface area contributed by atoms with Gasteiger partial charge in [-0.2, -0.15) is 0 Å². The minimum absolute atomic E-state index is 0.0896. The van der Waals surface area contributed by atoms with Crippen LogP contribution < -0.4 is 10.2 Å². The number of rotatable bonds is 5. The number of aromatic nitrogens is 2. The second-order valence-electron chi connectivity index (χ2n) is 4.54. The van der Waals surface area contributed by atoms with Crippen LogP contribution in [0.4, 0.5) is 11.6 Å². The van der Waals surface area contributed by atoms with Gasteiger partial charge in [0.05, 0.1) is 0 Å². The summed E-state index contributed by atoms with van der Waals surface area (Å²) in [5.41, 5.74) is 0. The van der Waals surface area contributed by atoms with E-state index in [2.05, 4.69) is 15.3 Å². The molecule has 104 valence electrons. The van der Waals surface area contributed by atoms with E-state index >= 15 is 0 Å². The van der Waals surface area contributed by atoms with Gasteiger partial charge in [-0.1, -0.05) is 0 Å². The van der Waals surface area contributed by atoms with Gasteiger partial charge < -0.3 is 20.1 Å². The maximum absolute atomic E-state index is 10.7. The van der Waals surface area contributed by atoms with Gasteiger partial charge >= 0.3 is 5.97 Å². The van der Waals surface area contributed by atoms with Crippen molar-refractivity contribution in [3.63, 3.8) is 0 Å². The van der Waals surface area contributed by atoms with Crippen LogP contribution in [0.5, 0.6) is 0 Å². The molecule has 0 radical (unpaired) electrons. The Hall–Kier alpha value is -1.89. The molecule has 0 aliphatic carbocycles. The number of carbonyl (C=O) groups is 1. The van der Waals surface area contributed by atoms with Gasteiger partial charge in [-0.25, -0.2) is 9.97 Å². The molecule has 7 nitrogen and oxygen atoms in total. The molecule has 0 atom stereocenters. The average Bonchev–Trinajstić information content (AvgIpc) is 2.39. The molecule has 0 saturated carbocycles. The predicted molar refractivity (Wildman–Crippen MR) is 70.4 cm³/mol. The van der Waals surface area contributed by atoms with E-state index in [-0.39, 0.29) is 6.54 Å². The molecule has 2 N–H and O–H groups in total. The monoisotopic (exact) mass is 266 g/mol. The summed E-state index contributed by atoms with van der Waals surface area (Å²) < 4.78 is 5.30. The van der Waals surface area contributed by atoms with Gasteiger partial charge in [0.15, 0.2) is 0 Å². The molecule has 1 fully saturated rings. The molecule has 0 bridgehead atoms. The molecule has 0 spiro atoms. The van der Waals surface area contributed by atoms with E-state index in [9.17, 15) is 4.79 Å². The topological polar surface area (TPSA) is 87.6 Å². The quantitative estimate of drug-likeness (QED) is 0.806. The predicted octanol–water partition coefficient (Wildman–Crippen LogP) is 0.588. The zero-order valence-corrected chi connectivity index (χ0v) is 10.9. The van der Waals surface area contributed by atoms with E-state index in [1.54, 1.807) is 18.0 Å². The molecular formula is C12H18N4O3. The Bertz CT molecular complexity index is 435. The molecule has 1 saturated heterocycles. The Morgan fingerprint density at radius 2 is 2.26 bits per heavy atom. The van der Waals surface area contributed by atoms with Crippen LogP contribution in [0.3, 0.4) is 0 Å². The van der Waals surface area contributed by atoms with Crippen molar-refractivity contribution in [2.75, 3.05) is 37.0 Å². The summed E-state index contributed by atoms with van der Waals surface area (Å²) >= 11 is 0. The van der Waals surface area contributed by atoms with Crippen LogP contribution in [0.1, 0.15) is 12.8 Å². The summed E-state index contributed by atoms with van der Waals surface area (Å²) in [7, 11) is 1.69. The second-order valence-corrected chi connectivity index (χ2v) is 4.54. The maximum Gasteiger partial charge on any atom is 0.323 e. The smallest absolute Gasteiger partial charge is 0.323 e. The van der Waals surface area contributed by atoms with Gasteiger partial charge in [0.2, 0.25) is 0 Å². The number of hydrogen-bond donors (Lipinski definition) is 2. The number of carboxylic acid groups (broad SMARTS) is 1. The maximum atomic E-state index is 10.7. The number of nitrogens with one attached hydrogen (secondary N) is 1. The highest BCUT2D eigenvalue weighted by atomic mass is 16.5. The lowest BCUT2D eigenvalue weighted by Gasteiger charge is -2.24. The van der Waals surface area contributed by atoms with E-state index in [1.165, 1.54) is 6.33 Å². The molecule has 1 aliphatic heterocycles. The minimum atomic E-state index is -0.889. The van der Waals surface area contributed by atoms with Crippen LogP contribution in [0.2, 0.25) is 0 Å². The molecular weight excluding hydrogens is 248 g/mol. The number of aliphatic carboxylic acids is 1. The first kappa shape index (κ1) is 13.5. The SMILES string of the molecule is CN(CC(=O)O)c1cc(NC2CCOCC2)ncn1. The zero-order chi connectivity index (χ0) is 13.7. The third kappa shape index (κ3) is 4.06. The van der Waals surface area contributed by atoms with Crippen LogP contribution in [-0.4, -0.2) is 53.9 Å². The standard InChI is InChI=1S/C12H18N4O3/c1-16(7-12(17)18)11-6-10(13-8-14-11)15-9-2-4-19-5-3-9/h6,8-9H,2-5,7H2,1H3,(H,17,18)(H,13,14,15). The van der Waals surface area contributed by atoms with Crippen LogP contribution in [-0.2, 0) is 9.53 Å². The number of hydrogen-bond acceptors (Lipinski definition) is 6. The molecule has 1 aromatic rings.